The van der Waals surface area contributed by atoms with Crippen molar-refractivity contribution in [2.75, 3.05) is 24.9 Å². The molecule has 1 aliphatic rings. The third-order valence-corrected chi connectivity index (χ3v) is 6.78. The molecule has 166 valence electrons. The predicted octanol–water partition coefficient (Wildman–Crippen LogP) is 5.34. The molecule has 4 aromatic rings. The average molecular weight is 458 g/mol. The third kappa shape index (κ3) is 3.96. The van der Waals surface area contributed by atoms with Gasteiger partial charge in [-0.3, -0.25) is 9.69 Å². The van der Waals surface area contributed by atoms with Gasteiger partial charge < -0.3 is 9.47 Å². The van der Waals surface area contributed by atoms with Crippen LogP contribution in [0.15, 0.2) is 85.1 Å². The van der Waals surface area contributed by atoms with E-state index in [0.29, 0.717) is 17.3 Å². The molecule has 6 nitrogen and oxygen atoms in total. The fraction of sp³-hybridized carbons (Fsp3) is 0.154. The first kappa shape index (κ1) is 21.2. The Morgan fingerprint density at radius 3 is 2.21 bits per heavy atom. The van der Waals surface area contributed by atoms with E-state index in [1.807, 2.05) is 94.6 Å². The van der Waals surface area contributed by atoms with Crippen LogP contribution in [0.5, 0.6) is 11.5 Å². The Hall–Kier alpha value is -3.71. The molecule has 1 unspecified atom stereocenters. The highest BCUT2D eigenvalue weighted by Crippen LogP contribution is 2.45. The Bertz CT molecular complexity index is 1270. The number of methoxy groups -OCH3 is 2. The fourth-order valence-corrected chi connectivity index (χ4v) is 5.19. The molecule has 1 aromatic heterocycles. The molecule has 0 bridgehead atoms. The van der Waals surface area contributed by atoms with E-state index in [-0.39, 0.29) is 11.3 Å². The maximum atomic E-state index is 12.9. The van der Waals surface area contributed by atoms with E-state index in [1.54, 1.807) is 26.0 Å². The minimum absolute atomic E-state index is 0.0851. The van der Waals surface area contributed by atoms with Gasteiger partial charge in [-0.25, -0.2) is 4.68 Å². The van der Waals surface area contributed by atoms with Crippen molar-refractivity contribution in [1.29, 1.82) is 0 Å². The van der Waals surface area contributed by atoms with Gasteiger partial charge in [0.25, 0.3) is 0 Å². The number of para-hydroxylation sites is 2. The highest BCUT2D eigenvalue weighted by Gasteiger charge is 2.37. The summed E-state index contributed by atoms with van der Waals surface area (Å²) in [4.78, 5) is 14.8. The Labute approximate surface area is 196 Å². The zero-order valence-electron chi connectivity index (χ0n) is 18.3. The summed E-state index contributed by atoms with van der Waals surface area (Å²) >= 11 is 1.61. The second-order valence-corrected chi connectivity index (χ2v) is 8.61. The van der Waals surface area contributed by atoms with Crippen molar-refractivity contribution in [1.82, 2.24) is 9.78 Å². The summed E-state index contributed by atoms with van der Waals surface area (Å²) < 4.78 is 12.8. The number of carbonyl (C=O) groups excluding carboxylic acids is 1. The normalized spacial score (nSPS) is 15.6. The number of benzene rings is 3. The van der Waals surface area contributed by atoms with Crippen LogP contribution in [-0.2, 0) is 4.79 Å². The van der Waals surface area contributed by atoms with Crippen molar-refractivity contribution >= 4 is 23.4 Å². The molecular weight excluding hydrogens is 434 g/mol. The lowest BCUT2D eigenvalue weighted by molar-refractivity contribution is -0.115. The zero-order chi connectivity index (χ0) is 22.8. The van der Waals surface area contributed by atoms with Crippen molar-refractivity contribution in [2.45, 2.75) is 5.37 Å². The van der Waals surface area contributed by atoms with Gasteiger partial charge in [0.05, 0.1) is 31.4 Å². The molecule has 0 spiro atoms. The molecule has 0 saturated carbocycles. The van der Waals surface area contributed by atoms with E-state index in [9.17, 15) is 4.79 Å². The first-order valence-corrected chi connectivity index (χ1v) is 11.6. The van der Waals surface area contributed by atoms with E-state index in [0.717, 1.165) is 28.2 Å². The molecule has 1 amide bonds. The maximum Gasteiger partial charge on any atom is 0.238 e. The summed E-state index contributed by atoms with van der Waals surface area (Å²) in [7, 11) is 3.24. The molecular formula is C26H23N3O3S. The summed E-state index contributed by atoms with van der Waals surface area (Å²) in [5.41, 5.74) is 4.48. The lowest BCUT2D eigenvalue weighted by Crippen LogP contribution is -2.27. The quantitative estimate of drug-likeness (QED) is 0.391. The van der Waals surface area contributed by atoms with Crippen LogP contribution in [-0.4, -0.2) is 35.7 Å². The lowest BCUT2D eigenvalue weighted by Gasteiger charge is -2.24. The molecule has 1 aliphatic heterocycles. The van der Waals surface area contributed by atoms with Crippen LogP contribution in [0.2, 0.25) is 0 Å². The molecule has 1 atom stereocenters. The first-order chi connectivity index (χ1) is 16.2. The fourth-order valence-electron chi connectivity index (χ4n) is 4.01. The van der Waals surface area contributed by atoms with E-state index in [4.69, 9.17) is 14.6 Å². The molecule has 33 heavy (non-hydrogen) atoms. The van der Waals surface area contributed by atoms with Gasteiger partial charge >= 0.3 is 0 Å². The van der Waals surface area contributed by atoms with Gasteiger partial charge in [-0.05, 0) is 42.5 Å². The number of hydrogen-bond acceptors (Lipinski definition) is 5. The van der Waals surface area contributed by atoms with Gasteiger partial charge in [-0.15, -0.1) is 11.8 Å². The first-order valence-electron chi connectivity index (χ1n) is 10.6. The summed E-state index contributed by atoms with van der Waals surface area (Å²) in [6.07, 6.45) is 2.02. The van der Waals surface area contributed by atoms with Gasteiger partial charge in [-0.2, -0.15) is 5.10 Å². The molecule has 3 aromatic carbocycles. The molecule has 1 saturated heterocycles. The van der Waals surface area contributed by atoms with Crippen LogP contribution in [0, 0.1) is 0 Å². The Balaban J connectivity index is 1.66. The van der Waals surface area contributed by atoms with Gasteiger partial charge in [0.2, 0.25) is 5.91 Å². The molecule has 7 heteroatoms. The molecule has 0 radical (unpaired) electrons. The van der Waals surface area contributed by atoms with E-state index >= 15 is 0 Å². The van der Waals surface area contributed by atoms with Gasteiger partial charge in [0.1, 0.15) is 5.37 Å². The standard InChI is InChI=1S/C26H23N3O3S/c1-31-22-14-13-18(15-23(22)32-2)25-21(16-28(27-25)19-9-5-3-6-10-19)26-29(24(30)17-33-26)20-11-7-4-8-12-20/h3-16,26H,17H2,1-2H3. The Morgan fingerprint density at radius 1 is 0.879 bits per heavy atom. The number of nitrogens with zero attached hydrogens (tertiary/aromatic N) is 3. The van der Waals surface area contributed by atoms with Crippen LogP contribution in [0.3, 0.4) is 0 Å². The number of amides is 1. The van der Waals surface area contributed by atoms with Crippen molar-refractivity contribution in [3.05, 3.63) is 90.6 Å². The van der Waals surface area contributed by atoms with Crippen molar-refractivity contribution in [2.24, 2.45) is 0 Å². The molecule has 0 N–H and O–H groups in total. The average Bonchev–Trinajstić information content (AvgIpc) is 3.48. The van der Waals surface area contributed by atoms with Crippen LogP contribution >= 0.6 is 11.8 Å². The number of thioether (sulfide) groups is 1. The van der Waals surface area contributed by atoms with Gasteiger partial charge in [-0.1, -0.05) is 36.4 Å². The van der Waals surface area contributed by atoms with E-state index in [2.05, 4.69) is 0 Å². The van der Waals surface area contributed by atoms with Crippen LogP contribution in [0.1, 0.15) is 10.9 Å². The minimum atomic E-state index is -0.194. The number of aromatic nitrogens is 2. The second-order valence-electron chi connectivity index (χ2n) is 7.55. The third-order valence-electron chi connectivity index (χ3n) is 5.59. The molecule has 1 fully saturated rings. The number of anilines is 1. The van der Waals surface area contributed by atoms with Crippen LogP contribution in [0.4, 0.5) is 5.69 Å². The summed E-state index contributed by atoms with van der Waals surface area (Å²) in [5, 5.41) is 4.75. The minimum Gasteiger partial charge on any atom is -0.493 e. The highest BCUT2D eigenvalue weighted by molar-refractivity contribution is 8.00. The highest BCUT2D eigenvalue weighted by atomic mass is 32.2. The predicted molar refractivity (Wildman–Crippen MR) is 131 cm³/mol. The molecule has 5 rings (SSSR count). The summed E-state index contributed by atoms with van der Waals surface area (Å²) in [6, 6.07) is 25.5. The molecule has 2 heterocycles. The topological polar surface area (TPSA) is 56.6 Å². The number of ether oxygens (including phenoxy) is 2. The van der Waals surface area contributed by atoms with Crippen LogP contribution < -0.4 is 14.4 Å². The smallest absolute Gasteiger partial charge is 0.238 e. The SMILES string of the molecule is COc1ccc(-c2nn(-c3ccccc3)cc2C2SCC(=O)N2c2ccccc2)cc1OC. The Morgan fingerprint density at radius 2 is 1.55 bits per heavy atom. The van der Waals surface area contributed by atoms with E-state index in [1.165, 1.54) is 0 Å². The molecule has 0 aliphatic carbocycles. The Kier molecular flexibility index (Phi) is 5.79. The van der Waals surface area contributed by atoms with Crippen molar-refractivity contribution < 1.29 is 14.3 Å². The number of rotatable bonds is 6. The number of hydrogen-bond donors (Lipinski definition) is 0. The zero-order valence-corrected chi connectivity index (χ0v) is 19.2. The number of carbonyl (C=O) groups is 1. The summed E-state index contributed by atoms with van der Waals surface area (Å²) in [5.74, 6) is 1.79. The summed E-state index contributed by atoms with van der Waals surface area (Å²) in [6.45, 7) is 0. The van der Waals surface area contributed by atoms with E-state index < -0.39 is 0 Å². The van der Waals surface area contributed by atoms with Crippen molar-refractivity contribution in [3.8, 4) is 28.4 Å². The second kappa shape index (κ2) is 9.03. The van der Waals surface area contributed by atoms with Gasteiger partial charge in [0.15, 0.2) is 11.5 Å². The van der Waals surface area contributed by atoms with Gasteiger partial charge in [0, 0.05) is 23.0 Å². The lowest BCUT2D eigenvalue weighted by atomic mass is 10.1. The monoisotopic (exact) mass is 457 g/mol. The maximum absolute atomic E-state index is 12.9. The van der Waals surface area contributed by atoms with Crippen LogP contribution in [0.25, 0.3) is 16.9 Å². The van der Waals surface area contributed by atoms with Crippen molar-refractivity contribution in [3.63, 3.8) is 0 Å². The largest absolute Gasteiger partial charge is 0.493 e.